The molecule has 30 heavy (non-hydrogen) atoms. The van der Waals surface area contributed by atoms with Gasteiger partial charge < -0.3 is 15.9 Å². The lowest BCUT2D eigenvalue weighted by atomic mass is 9.73. The molecule has 0 saturated heterocycles. The highest BCUT2D eigenvalue weighted by Gasteiger charge is 2.45. The van der Waals surface area contributed by atoms with Crippen LogP contribution in [-0.2, 0) is 4.79 Å². The number of aliphatic hydroxyl groups is 2. The summed E-state index contributed by atoms with van der Waals surface area (Å²) in [5, 5.41) is 20.0. The topological polar surface area (TPSA) is 83.6 Å². The molecule has 4 nitrogen and oxygen atoms in total. The van der Waals surface area contributed by atoms with Crippen LogP contribution in [0.15, 0.2) is 12.2 Å². The lowest BCUT2D eigenvalue weighted by Gasteiger charge is -2.36. The third kappa shape index (κ3) is 12.7. The summed E-state index contributed by atoms with van der Waals surface area (Å²) in [7, 11) is 0. The van der Waals surface area contributed by atoms with Crippen LogP contribution in [0.5, 0.6) is 0 Å². The Hall–Kier alpha value is -0.870. The van der Waals surface area contributed by atoms with E-state index in [-0.39, 0.29) is 0 Å². The molecule has 0 radical (unpaired) electrons. The summed E-state index contributed by atoms with van der Waals surface area (Å²) in [6, 6.07) is 0. The maximum Gasteiger partial charge on any atom is 0.228 e. The lowest BCUT2D eigenvalue weighted by molar-refractivity contribution is -0.145. The number of primary amides is 1. The van der Waals surface area contributed by atoms with E-state index in [1.807, 2.05) is 0 Å². The van der Waals surface area contributed by atoms with Gasteiger partial charge in [0.1, 0.15) is 0 Å². The van der Waals surface area contributed by atoms with Crippen molar-refractivity contribution in [1.82, 2.24) is 0 Å². The van der Waals surface area contributed by atoms with E-state index in [1.54, 1.807) is 13.8 Å². The van der Waals surface area contributed by atoms with Gasteiger partial charge in [0.15, 0.2) is 0 Å². The Labute approximate surface area is 186 Å². The molecule has 0 aromatic carbocycles. The number of rotatable bonds is 21. The van der Waals surface area contributed by atoms with Crippen molar-refractivity contribution in [2.75, 3.05) is 0 Å². The monoisotopic (exact) mass is 425 g/mol. The molecule has 0 aliphatic heterocycles. The molecule has 4 heteroatoms. The highest BCUT2D eigenvalue weighted by Crippen LogP contribution is 2.33. The zero-order chi connectivity index (χ0) is 22.7. The zero-order valence-electron chi connectivity index (χ0n) is 20.2. The summed E-state index contributed by atoms with van der Waals surface area (Å²) >= 11 is 0. The number of nitrogens with two attached hydrogens (primary N) is 1. The SMILES string of the molecule is CCCCCCCCC=CCCCCCCCCCCC(C(N)=O)(C(C)O)C(C)O. The first-order chi connectivity index (χ1) is 14.4. The molecule has 2 unspecified atom stereocenters. The molecular formula is C26H51NO3. The van der Waals surface area contributed by atoms with Crippen molar-refractivity contribution < 1.29 is 15.0 Å². The quantitative estimate of drug-likeness (QED) is 0.146. The summed E-state index contributed by atoms with van der Waals surface area (Å²) in [6.45, 7) is 5.35. The fraction of sp³-hybridized carbons (Fsp3) is 0.885. The van der Waals surface area contributed by atoms with Crippen LogP contribution in [-0.4, -0.2) is 28.3 Å². The minimum absolute atomic E-state index is 0.447. The molecule has 0 rings (SSSR count). The first-order valence-electron chi connectivity index (χ1n) is 12.7. The van der Waals surface area contributed by atoms with Crippen molar-refractivity contribution in [2.24, 2.45) is 11.1 Å². The second-order valence-electron chi connectivity index (χ2n) is 9.15. The number of allylic oxidation sites excluding steroid dienone is 2. The van der Waals surface area contributed by atoms with E-state index in [0.717, 1.165) is 19.3 Å². The molecule has 0 saturated carbocycles. The number of carbonyl (C=O) groups excluding carboxylic acids is 1. The summed E-state index contributed by atoms with van der Waals surface area (Å²) in [5.74, 6) is -0.603. The van der Waals surface area contributed by atoms with Gasteiger partial charge in [-0.15, -0.1) is 0 Å². The summed E-state index contributed by atoms with van der Waals surface area (Å²) < 4.78 is 0. The van der Waals surface area contributed by atoms with Gasteiger partial charge in [0.25, 0.3) is 0 Å². The molecule has 0 aliphatic carbocycles. The highest BCUT2D eigenvalue weighted by molar-refractivity contribution is 5.82. The van der Waals surface area contributed by atoms with Crippen LogP contribution in [0.4, 0.5) is 0 Å². The average molecular weight is 426 g/mol. The van der Waals surface area contributed by atoms with Crippen molar-refractivity contribution in [1.29, 1.82) is 0 Å². The molecule has 0 spiro atoms. The van der Waals surface area contributed by atoms with E-state index < -0.39 is 23.5 Å². The molecule has 2 atom stereocenters. The first-order valence-corrected chi connectivity index (χ1v) is 12.7. The van der Waals surface area contributed by atoms with E-state index in [2.05, 4.69) is 19.1 Å². The van der Waals surface area contributed by atoms with Crippen LogP contribution in [0.25, 0.3) is 0 Å². The standard InChI is InChI=1S/C26H51NO3/c1-4-5-6-7-8-9-10-11-12-13-14-15-16-17-18-19-20-21-22-26(23(2)28,24(3)29)25(27)30/h11-12,23-24,28-29H,4-10,13-22H2,1-3H3,(H2,27,30). The van der Waals surface area contributed by atoms with Crippen LogP contribution in [0.3, 0.4) is 0 Å². The predicted octanol–water partition coefficient (Wildman–Crippen LogP) is 6.43. The zero-order valence-corrected chi connectivity index (χ0v) is 20.2. The van der Waals surface area contributed by atoms with E-state index in [0.29, 0.717) is 6.42 Å². The molecule has 0 heterocycles. The molecule has 0 bridgehead atoms. The fourth-order valence-electron chi connectivity index (χ4n) is 4.32. The molecule has 0 aromatic rings. The lowest BCUT2D eigenvalue weighted by Crippen LogP contribution is -2.52. The Balaban J connectivity index is 3.58. The largest absolute Gasteiger partial charge is 0.392 e. The van der Waals surface area contributed by atoms with Gasteiger partial charge >= 0.3 is 0 Å². The molecule has 1 amide bonds. The van der Waals surface area contributed by atoms with Crippen LogP contribution >= 0.6 is 0 Å². The number of amides is 1. The van der Waals surface area contributed by atoms with Crippen LogP contribution < -0.4 is 5.73 Å². The van der Waals surface area contributed by atoms with Crippen molar-refractivity contribution in [3.05, 3.63) is 12.2 Å². The normalized spacial score (nSPS) is 15.9. The molecule has 4 N–H and O–H groups in total. The summed E-state index contributed by atoms with van der Waals surface area (Å²) in [4.78, 5) is 11.8. The average Bonchev–Trinajstić information content (AvgIpc) is 2.69. The van der Waals surface area contributed by atoms with Crippen LogP contribution in [0, 0.1) is 5.41 Å². The van der Waals surface area contributed by atoms with Gasteiger partial charge in [-0.25, -0.2) is 0 Å². The summed E-state index contributed by atoms with van der Waals surface area (Å²) in [6.07, 6.45) is 23.3. The predicted molar refractivity (Wildman–Crippen MR) is 128 cm³/mol. The Morgan fingerprint density at radius 3 is 1.47 bits per heavy atom. The van der Waals surface area contributed by atoms with Gasteiger partial charge in [0.05, 0.1) is 17.6 Å². The Bertz CT molecular complexity index is 424. The van der Waals surface area contributed by atoms with Crippen molar-refractivity contribution in [2.45, 2.75) is 142 Å². The number of aliphatic hydroxyl groups excluding tert-OH is 2. The van der Waals surface area contributed by atoms with E-state index in [9.17, 15) is 15.0 Å². The molecule has 178 valence electrons. The van der Waals surface area contributed by atoms with Crippen LogP contribution in [0.1, 0.15) is 130 Å². The number of hydrogen-bond donors (Lipinski definition) is 3. The van der Waals surface area contributed by atoms with Crippen molar-refractivity contribution in [3.8, 4) is 0 Å². The Morgan fingerprint density at radius 1 is 0.733 bits per heavy atom. The third-order valence-corrected chi connectivity index (χ3v) is 6.55. The Morgan fingerprint density at radius 2 is 1.10 bits per heavy atom. The maximum absolute atomic E-state index is 11.8. The molecule has 0 fully saturated rings. The van der Waals surface area contributed by atoms with Crippen LogP contribution in [0.2, 0.25) is 0 Å². The van der Waals surface area contributed by atoms with Gasteiger partial charge in [0, 0.05) is 0 Å². The molecular weight excluding hydrogens is 374 g/mol. The van der Waals surface area contributed by atoms with Crippen molar-refractivity contribution >= 4 is 5.91 Å². The van der Waals surface area contributed by atoms with Gasteiger partial charge in [0.2, 0.25) is 5.91 Å². The molecule has 0 aromatic heterocycles. The Kier molecular flexibility index (Phi) is 18.3. The highest BCUT2D eigenvalue weighted by atomic mass is 16.3. The van der Waals surface area contributed by atoms with E-state index in [4.69, 9.17) is 5.73 Å². The van der Waals surface area contributed by atoms with Gasteiger partial charge in [-0.3, -0.25) is 4.79 Å². The second-order valence-corrected chi connectivity index (χ2v) is 9.15. The molecule has 0 aliphatic rings. The second kappa shape index (κ2) is 18.9. The maximum atomic E-state index is 11.8. The number of carbonyl (C=O) groups is 1. The van der Waals surface area contributed by atoms with Gasteiger partial charge in [-0.2, -0.15) is 0 Å². The third-order valence-electron chi connectivity index (χ3n) is 6.55. The minimum atomic E-state index is -1.22. The summed E-state index contributed by atoms with van der Waals surface area (Å²) in [5.41, 5.74) is 4.27. The smallest absolute Gasteiger partial charge is 0.228 e. The van der Waals surface area contributed by atoms with E-state index >= 15 is 0 Å². The van der Waals surface area contributed by atoms with Gasteiger partial charge in [-0.05, 0) is 46.0 Å². The first kappa shape index (κ1) is 29.1. The van der Waals surface area contributed by atoms with Crippen molar-refractivity contribution in [3.63, 3.8) is 0 Å². The number of unbranched alkanes of at least 4 members (excludes halogenated alkanes) is 14. The number of hydrogen-bond acceptors (Lipinski definition) is 3. The minimum Gasteiger partial charge on any atom is -0.392 e. The van der Waals surface area contributed by atoms with E-state index in [1.165, 1.54) is 83.5 Å². The van der Waals surface area contributed by atoms with Gasteiger partial charge in [-0.1, -0.05) is 96.1 Å². The fourth-order valence-corrected chi connectivity index (χ4v) is 4.32.